The lowest BCUT2D eigenvalue weighted by Crippen LogP contribution is -2.49. The fraction of sp³-hybridized carbons (Fsp3) is 0.500. The van der Waals surface area contributed by atoms with E-state index < -0.39 is 35.0 Å². The highest BCUT2D eigenvalue weighted by atomic mass is 19.1. The third-order valence-corrected chi connectivity index (χ3v) is 4.35. The Labute approximate surface area is 127 Å². The molecule has 0 saturated heterocycles. The maximum absolute atomic E-state index is 14.1. The molecule has 0 radical (unpaired) electrons. The van der Waals surface area contributed by atoms with Crippen LogP contribution in [0.3, 0.4) is 0 Å². The minimum absolute atomic E-state index is 0.143. The van der Waals surface area contributed by atoms with Crippen molar-refractivity contribution in [1.82, 2.24) is 5.32 Å². The molecule has 1 aliphatic carbocycles. The Hall–Kier alpha value is -1.98. The normalized spacial score (nSPS) is 18.0. The predicted molar refractivity (Wildman–Crippen MR) is 76.4 cm³/mol. The molecule has 2 N–H and O–H groups in total. The summed E-state index contributed by atoms with van der Waals surface area (Å²) in [5, 5.41) is 11.6. The molecule has 0 aliphatic heterocycles. The Morgan fingerprint density at radius 1 is 1.32 bits per heavy atom. The Kier molecular flexibility index (Phi) is 4.78. The van der Waals surface area contributed by atoms with Gasteiger partial charge >= 0.3 is 5.97 Å². The highest BCUT2D eigenvalue weighted by Crippen LogP contribution is 2.42. The first-order valence-electron chi connectivity index (χ1n) is 7.40. The molecule has 1 fully saturated rings. The van der Waals surface area contributed by atoms with Gasteiger partial charge in [0.15, 0.2) is 0 Å². The van der Waals surface area contributed by atoms with E-state index in [2.05, 4.69) is 5.32 Å². The van der Waals surface area contributed by atoms with E-state index in [-0.39, 0.29) is 12.0 Å². The number of carboxylic acids is 1. The van der Waals surface area contributed by atoms with Crippen LogP contribution in [0.15, 0.2) is 18.2 Å². The summed E-state index contributed by atoms with van der Waals surface area (Å²) in [6.45, 7) is 1.65. The molecule has 0 heterocycles. The summed E-state index contributed by atoms with van der Waals surface area (Å²) in [4.78, 5) is 23.7. The number of carbonyl (C=O) groups is 2. The summed E-state index contributed by atoms with van der Waals surface area (Å²) in [5.74, 6) is -3.08. The lowest BCUT2D eigenvalue weighted by molar-refractivity contribution is -0.142. The molecule has 22 heavy (non-hydrogen) atoms. The van der Waals surface area contributed by atoms with Crippen molar-refractivity contribution in [3.8, 4) is 0 Å². The largest absolute Gasteiger partial charge is 0.480 e. The van der Waals surface area contributed by atoms with Gasteiger partial charge in [-0.2, -0.15) is 0 Å². The monoisotopic (exact) mass is 311 g/mol. The standard InChI is InChI=1S/C16H19F2NO3/c1-2-13(14(20)21)19-15(22)16(7-3-4-8-16)11-6-5-10(17)9-12(11)18/h5-6,9,13H,2-4,7-8H2,1H3,(H,19,22)(H,20,21). The van der Waals surface area contributed by atoms with Gasteiger partial charge in [0.2, 0.25) is 5.91 Å². The quantitative estimate of drug-likeness (QED) is 0.878. The van der Waals surface area contributed by atoms with Crippen LogP contribution in [0.1, 0.15) is 44.6 Å². The van der Waals surface area contributed by atoms with E-state index >= 15 is 0 Å². The van der Waals surface area contributed by atoms with Crippen molar-refractivity contribution in [3.05, 3.63) is 35.4 Å². The third-order valence-electron chi connectivity index (χ3n) is 4.35. The van der Waals surface area contributed by atoms with Gasteiger partial charge in [0, 0.05) is 11.6 Å². The molecule has 1 atom stereocenters. The van der Waals surface area contributed by atoms with E-state index in [4.69, 9.17) is 5.11 Å². The van der Waals surface area contributed by atoms with Crippen molar-refractivity contribution < 1.29 is 23.5 Å². The first-order chi connectivity index (χ1) is 10.4. The number of halogens is 2. The number of rotatable bonds is 5. The van der Waals surface area contributed by atoms with E-state index in [1.54, 1.807) is 6.92 Å². The van der Waals surface area contributed by atoms with Crippen molar-refractivity contribution in [2.75, 3.05) is 0 Å². The fourth-order valence-corrected chi connectivity index (χ4v) is 3.11. The van der Waals surface area contributed by atoms with E-state index in [1.165, 1.54) is 6.07 Å². The molecular formula is C16H19F2NO3. The summed E-state index contributed by atoms with van der Waals surface area (Å²) in [7, 11) is 0. The molecule has 2 rings (SSSR count). The molecule has 0 aromatic heterocycles. The highest BCUT2D eigenvalue weighted by molar-refractivity contribution is 5.91. The average molecular weight is 311 g/mol. The first kappa shape index (κ1) is 16.4. The van der Waals surface area contributed by atoms with Gasteiger partial charge in [0.05, 0.1) is 5.41 Å². The zero-order valence-electron chi connectivity index (χ0n) is 12.4. The first-order valence-corrected chi connectivity index (χ1v) is 7.40. The minimum atomic E-state index is -1.12. The smallest absolute Gasteiger partial charge is 0.326 e. The van der Waals surface area contributed by atoms with Crippen molar-refractivity contribution in [2.24, 2.45) is 0 Å². The number of nitrogens with one attached hydrogen (secondary N) is 1. The SMILES string of the molecule is CCC(NC(=O)C1(c2ccc(F)cc2F)CCCC1)C(=O)O. The molecule has 120 valence electrons. The third kappa shape index (κ3) is 2.96. The van der Waals surface area contributed by atoms with E-state index in [1.807, 2.05) is 0 Å². The molecule has 0 spiro atoms. The van der Waals surface area contributed by atoms with Gasteiger partial charge in [-0.25, -0.2) is 13.6 Å². The predicted octanol–water partition coefficient (Wildman–Crippen LogP) is 2.76. The Bertz CT molecular complexity index is 583. The Morgan fingerprint density at radius 2 is 1.95 bits per heavy atom. The number of aliphatic carboxylic acids is 1. The Balaban J connectivity index is 2.36. The van der Waals surface area contributed by atoms with Crippen LogP contribution in [0.25, 0.3) is 0 Å². The van der Waals surface area contributed by atoms with Gasteiger partial charge in [-0.3, -0.25) is 4.79 Å². The van der Waals surface area contributed by atoms with E-state index in [0.717, 1.165) is 25.0 Å². The molecule has 1 unspecified atom stereocenters. The highest BCUT2D eigenvalue weighted by Gasteiger charge is 2.45. The van der Waals surface area contributed by atoms with Crippen LogP contribution in [0.2, 0.25) is 0 Å². The van der Waals surface area contributed by atoms with E-state index in [0.29, 0.717) is 12.8 Å². The summed E-state index contributed by atoms with van der Waals surface area (Å²) in [5.41, 5.74) is -0.968. The second-order valence-corrected chi connectivity index (χ2v) is 5.69. The van der Waals surface area contributed by atoms with Gasteiger partial charge in [-0.1, -0.05) is 25.8 Å². The van der Waals surface area contributed by atoms with Crippen molar-refractivity contribution in [3.63, 3.8) is 0 Å². The minimum Gasteiger partial charge on any atom is -0.480 e. The average Bonchev–Trinajstić information content (AvgIpc) is 2.94. The summed E-state index contributed by atoms with van der Waals surface area (Å²) >= 11 is 0. The number of carboxylic acid groups (broad SMARTS) is 1. The topological polar surface area (TPSA) is 66.4 Å². The number of amides is 1. The van der Waals surface area contributed by atoms with Gasteiger partial charge in [0.1, 0.15) is 17.7 Å². The molecule has 1 saturated carbocycles. The van der Waals surface area contributed by atoms with Gasteiger partial charge < -0.3 is 10.4 Å². The number of hydrogen-bond acceptors (Lipinski definition) is 2. The molecule has 0 bridgehead atoms. The van der Waals surface area contributed by atoms with Crippen molar-refractivity contribution in [2.45, 2.75) is 50.5 Å². The van der Waals surface area contributed by atoms with E-state index in [9.17, 15) is 18.4 Å². The maximum atomic E-state index is 14.1. The van der Waals surface area contributed by atoms with Crippen LogP contribution >= 0.6 is 0 Å². The number of benzene rings is 1. The maximum Gasteiger partial charge on any atom is 0.326 e. The van der Waals surface area contributed by atoms with Gasteiger partial charge in [-0.05, 0) is 25.3 Å². The lowest BCUT2D eigenvalue weighted by Gasteiger charge is -2.30. The molecule has 4 nitrogen and oxygen atoms in total. The summed E-state index contributed by atoms with van der Waals surface area (Å²) in [6, 6.07) is 2.17. The second kappa shape index (κ2) is 6.42. The van der Waals surface area contributed by atoms with Crippen molar-refractivity contribution >= 4 is 11.9 Å². The number of hydrogen-bond donors (Lipinski definition) is 2. The molecule has 6 heteroatoms. The van der Waals surface area contributed by atoms with Gasteiger partial charge in [0.25, 0.3) is 0 Å². The summed E-state index contributed by atoms with van der Waals surface area (Å²) < 4.78 is 27.3. The van der Waals surface area contributed by atoms with Gasteiger partial charge in [-0.15, -0.1) is 0 Å². The molecule has 1 aromatic rings. The molecular weight excluding hydrogens is 292 g/mol. The van der Waals surface area contributed by atoms with Crippen LogP contribution in [0.5, 0.6) is 0 Å². The van der Waals surface area contributed by atoms with Crippen molar-refractivity contribution in [1.29, 1.82) is 0 Å². The number of carbonyl (C=O) groups excluding carboxylic acids is 1. The lowest BCUT2D eigenvalue weighted by atomic mass is 9.77. The van der Waals surface area contributed by atoms with Crippen LogP contribution in [0.4, 0.5) is 8.78 Å². The molecule has 1 aliphatic rings. The second-order valence-electron chi connectivity index (χ2n) is 5.69. The zero-order chi connectivity index (χ0) is 16.3. The van der Waals surface area contributed by atoms with Crippen LogP contribution in [-0.4, -0.2) is 23.0 Å². The fourth-order valence-electron chi connectivity index (χ4n) is 3.11. The van der Waals surface area contributed by atoms with Crippen LogP contribution in [-0.2, 0) is 15.0 Å². The zero-order valence-corrected chi connectivity index (χ0v) is 12.4. The van der Waals surface area contributed by atoms with Crippen LogP contribution in [0, 0.1) is 11.6 Å². The molecule has 1 aromatic carbocycles. The molecule has 1 amide bonds. The van der Waals surface area contributed by atoms with Crippen LogP contribution < -0.4 is 5.32 Å². The Morgan fingerprint density at radius 3 is 2.45 bits per heavy atom. The summed E-state index contributed by atoms with van der Waals surface area (Å²) in [6.07, 6.45) is 2.58.